The van der Waals surface area contributed by atoms with Crippen LogP contribution in [0, 0.1) is 12.7 Å². The molecule has 0 radical (unpaired) electrons. The Hall–Kier alpha value is -2.37. The number of benzene rings is 1. The highest BCUT2D eigenvalue weighted by atomic mass is 19.1. The number of carbonyl (C=O) groups excluding carboxylic acids is 1. The summed E-state index contributed by atoms with van der Waals surface area (Å²) in [7, 11) is 0. The van der Waals surface area contributed by atoms with Crippen LogP contribution in [0.2, 0.25) is 0 Å². The van der Waals surface area contributed by atoms with E-state index in [0.717, 1.165) is 0 Å². The number of nitrogens with zero attached hydrogens (tertiary/aromatic N) is 2. The molecule has 6 heteroatoms. The molecule has 0 aliphatic rings. The zero-order valence-electron chi connectivity index (χ0n) is 9.85. The number of hydrogen-bond acceptors (Lipinski definition) is 3. The lowest BCUT2D eigenvalue weighted by Crippen LogP contribution is -2.20. The molecule has 0 saturated heterocycles. The van der Waals surface area contributed by atoms with Crippen molar-refractivity contribution in [2.24, 2.45) is 0 Å². The standard InChI is InChI=1S/C12H13FN4O/c1-8-3-2-4-9(12(8)13)15-11(18)7-17-6-5-10(14)16-17/h2-6H,7H2,1H3,(H2,14,16)(H,15,18). The first kappa shape index (κ1) is 12.1. The number of aromatic nitrogens is 2. The highest BCUT2D eigenvalue weighted by Crippen LogP contribution is 2.16. The molecule has 2 rings (SSSR count). The topological polar surface area (TPSA) is 72.9 Å². The van der Waals surface area contributed by atoms with Crippen molar-refractivity contribution in [3.63, 3.8) is 0 Å². The lowest BCUT2D eigenvalue weighted by Gasteiger charge is -2.07. The summed E-state index contributed by atoms with van der Waals surface area (Å²) in [5, 5.41) is 6.37. The minimum atomic E-state index is -0.425. The summed E-state index contributed by atoms with van der Waals surface area (Å²) >= 11 is 0. The van der Waals surface area contributed by atoms with Gasteiger partial charge in [0.2, 0.25) is 5.91 Å². The number of carbonyl (C=O) groups is 1. The maximum atomic E-state index is 13.6. The highest BCUT2D eigenvalue weighted by molar-refractivity contribution is 5.90. The number of amides is 1. The van der Waals surface area contributed by atoms with Gasteiger partial charge in [-0.05, 0) is 24.6 Å². The Labute approximate surface area is 103 Å². The largest absolute Gasteiger partial charge is 0.382 e. The van der Waals surface area contributed by atoms with Crippen molar-refractivity contribution in [1.82, 2.24) is 9.78 Å². The van der Waals surface area contributed by atoms with Crippen molar-refractivity contribution in [3.05, 3.63) is 41.8 Å². The smallest absolute Gasteiger partial charge is 0.246 e. The molecule has 1 heterocycles. The van der Waals surface area contributed by atoms with Gasteiger partial charge in [0.1, 0.15) is 18.2 Å². The van der Waals surface area contributed by atoms with Crippen LogP contribution in [0.25, 0.3) is 0 Å². The number of anilines is 2. The number of aryl methyl sites for hydroxylation is 1. The molecule has 0 bridgehead atoms. The van der Waals surface area contributed by atoms with E-state index < -0.39 is 5.82 Å². The average molecular weight is 248 g/mol. The van der Waals surface area contributed by atoms with Crippen LogP contribution in [0.15, 0.2) is 30.5 Å². The van der Waals surface area contributed by atoms with E-state index in [1.165, 1.54) is 10.7 Å². The molecule has 0 atom stereocenters. The first-order chi connectivity index (χ1) is 8.56. The normalized spacial score (nSPS) is 10.3. The number of halogens is 1. The van der Waals surface area contributed by atoms with Gasteiger partial charge in [-0.2, -0.15) is 5.10 Å². The number of hydrogen-bond donors (Lipinski definition) is 2. The van der Waals surface area contributed by atoms with Crippen molar-refractivity contribution in [3.8, 4) is 0 Å². The molecule has 5 nitrogen and oxygen atoms in total. The molecule has 94 valence electrons. The molecule has 1 aromatic carbocycles. The van der Waals surface area contributed by atoms with E-state index in [-0.39, 0.29) is 18.1 Å². The zero-order valence-corrected chi connectivity index (χ0v) is 9.85. The van der Waals surface area contributed by atoms with Gasteiger partial charge in [0, 0.05) is 6.20 Å². The van der Waals surface area contributed by atoms with Crippen LogP contribution in [-0.4, -0.2) is 15.7 Å². The number of rotatable bonds is 3. The van der Waals surface area contributed by atoms with Crippen LogP contribution in [-0.2, 0) is 11.3 Å². The Kier molecular flexibility index (Phi) is 3.27. The Morgan fingerprint density at radius 1 is 1.50 bits per heavy atom. The Morgan fingerprint density at radius 3 is 2.94 bits per heavy atom. The quantitative estimate of drug-likeness (QED) is 0.865. The molecule has 18 heavy (non-hydrogen) atoms. The molecule has 1 amide bonds. The van der Waals surface area contributed by atoms with E-state index in [0.29, 0.717) is 11.4 Å². The summed E-state index contributed by atoms with van der Waals surface area (Å²) in [5.74, 6) is -0.446. The van der Waals surface area contributed by atoms with Gasteiger partial charge in [0.05, 0.1) is 5.69 Å². The second-order valence-electron chi connectivity index (χ2n) is 3.92. The lowest BCUT2D eigenvalue weighted by atomic mass is 10.2. The van der Waals surface area contributed by atoms with Crippen LogP contribution in [0.5, 0.6) is 0 Å². The van der Waals surface area contributed by atoms with Crippen LogP contribution < -0.4 is 11.1 Å². The van der Waals surface area contributed by atoms with Gasteiger partial charge in [-0.1, -0.05) is 12.1 Å². The monoisotopic (exact) mass is 248 g/mol. The first-order valence-electron chi connectivity index (χ1n) is 5.40. The fourth-order valence-corrected chi connectivity index (χ4v) is 1.55. The fraction of sp³-hybridized carbons (Fsp3) is 0.167. The van der Waals surface area contributed by atoms with Crippen molar-refractivity contribution in [2.45, 2.75) is 13.5 Å². The molecule has 3 N–H and O–H groups in total. The third-order valence-corrected chi connectivity index (χ3v) is 2.43. The third-order valence-electron chi connectivity index (χ3n) is 2.43. The van der Waals surface area contributed by atoms with E-state index >= 15 is 0 Å². The average Bonchev–Trinajstić information content (AvgIpc) is 2.70. The molecule has 0 aliphatic carbocycles. The first-order valence-corrected chi connectivity index (χ1v) is 5.40. The summed E-state index contributed by atoms with van der Waals surface area (Å²) in [6.45, 7) is 1.63. The molecule has 1 aromatic heterocycles. The van der Waals surface area contributed by atoms with E-state index in [2.05, 4.69) is 10.4 Å². The zero-order chi connectivity index (χ0) is 13.1. The maximum Gasteiger partial charge on any atom is 0.246 e. The minimum absolute atomic E-state index is 0.00934. The van der Waals surface area contributed by atoms with E-state index in [1.807, 2.05) is 0 Å². The number of nitrogen functional groups attached to an aromatic ring is 1. The van der Waals surface area contributed by atoms with Gasteiger partial charge in [0.25, 0.3) is 0 Å². The molecular weight excluding hydrogens is 235 g/mol. The van der Waals surface area contributed by atoms with Crippen LogP contribution in [0.3, 0.4) is 0 Å². The van der Waals surface area contributed by atoms with Gasteiger partial charge in [-0.3, -0.25) is 9.48 Å². The molecule has 2 aromatic rings. The van der Waals surface area contributed by atoms with E-state index in [4.69, 9.17) is 5.73 Å². The second kappa shape index (κ2) is 4.87. The highest BCUT2D eigenvalue weighted by Gasteiger charge is 2.09. The fourth-order valence-electron chi connectivity index (χ4n) is 1.55. The SMILES string of the molecule is Cc1cccc(NC(=O)Cn2ccc(N)n2)c1F. The second-order valence-corrected chi connectivity index (χ2v) is 3.92. The molecule has 0 spiro atoms. The Balaban J connectivity index is 2.05. The summed E-state index contributed by atoms with van der Waals surface area (Å²) < 4.78 is 15.0. The Morgan fingerprint density at radius 2 is 2.28 bits per heavy atom. The molecular formula is C12H13FN4O. The number of nitrogens with one attached hydrogen (secondary N) is 1. The van der Waals surface area contributed by atoms with Crippen molar-refractivity contribution in [1.29, 1.82) is 0 Å². The minimum Gasteiger partial charge on any atom is -0.382 e. The molecule has 0 unspecified atom stereocenters. The summed E-state index contributed by atoms with van der Waals surface area (Å²) in [6.07, 6.45) is 1.58. The van der Waals surface area contributed by atoms with Crippen molar-refractivity contribution >= 4 is 17.4 Å². The lowest BCUT2D eigenvalue weighted by molar-refractivity contribution is -0.116. The number of nitrogens with two attached hydrogens (primary N) is 1. The predicted octanol–water partition coefficient (Wildman–Crippen LogP) is 1.55. The summed E-state index contributed by atoms with van der Waals surface area (Å²) in [4.78, 5) is 11.7. The predicted molar refractivity (Wildman–Crippen MR) is 66.4 cm³/mol. The van der Waals surface area contributed by atoms with Gasteiger partial charge < -0.3 is 11.1 Å². The summed E-state index contributed by atoms with van der Waals surface area (Å²) in [6, 6.07) is 6.41. The van der Waals surface area contributed by atoms with Gasteiger partial charge in [-0.25, -0.2) is 4.39 Å². The molecule has 0 saturated carbocycles. The molecule has 0 aliphatic heterocycles. The van der Waals surface area contributed by atoms with Crippen molar-refractivity contribution < 1.29 is 9.18 Å². The van der Waals surface area contributed by atoms with E-state index in [9.17, 15) is 9.18 Å². The molecule has 0 fully saturated rings. The third kappa shape index (κ3) is 2.65. The van der Waals surface area contributed by atoms with Crippen LogP contribution in [0.4, 0.5) is 15.9 Å². The van der Waals surface area contributed by atoms with Crippen LogP contribution >= 0.6 is 0 Å². The maximum absolute atomic E-state index is 13.6. The van der Waals surface area contributed by atoms with E-state index in [1.54, 1.807) is 31.3 Å². The van der Waals surface area contributed by atoms with Crippen molar-refractivity contribution in [2.75, 3.05) is 11.1 Å². The Bertz CT molecular complexity index is 579. The van der Waals surface area contributed by atoms with Crippen LogP contribution in [0.1, 0.15) is 5.56 Å². The summed E-state index contributed by atoms with van der Waals surface area (Å²) in [5.41, 5.74) is 6.08. The van der Waals surface area contributed by atoms with Gasteiger partial charge in [0.15, 0.2) is 0 Å². The van der Waals surface area contributed by atoms with Gasteiger partial charge >= 0.3 is 0 Å². The van der Waals surface area contributed by atoms with Gasteiger partial charge in [-0.15, -0.1) is 0 Å².